The van der Waals surface area contributed by atoms with Gasteiger partial charge in [0.1, 0.15) is 46.8 Å². The molecule has 250 valence electrons. The van der Waals surface area contributed by atoms with Crippen LogP contribution in [-0.2, 0) is 0 Å². The van der Waals surface area contributed by atoms with E-state index >= 15 is 4.39 Å². The molecule has 2 aromatic carbocycles. The highest BCUT2D eigenvalue weighted by Crippen LogP contribution is 2.45. The van der Waals surface area contributed by atoms with Gasteiger partial charge in [-0.3, -0.25) is 4.90 Å². The summed E-state index contributed by atoms with van der Waals surface area (Å²) in [5, 5.41) is 22.3. The quantitative estimate of drug-likeness (QED) is 0.254. The van der Waals surface area contributed by atoms with Crippen molar-refractivity contribution in [2.75, 3.05) is 44.3 Å². The first-order valence-electron chi connectivity index (χ1n) is 16.6. The number of phenolic OH excluding ortho intramolecular Hbond substituents is 1. The Kier molecular flexibility index (Phi) is 7.53. The van der Waals surface area contributed by atoms with E-state index in [2.05, 4.69) is 20.8 Å². The molecular formula is C36H36F3N5O4. The Morgan fingerprint density at radius 1 is 1.06 bits per heavy atom. The second-order valence-electron chi connectivity index (χ2n) is 13.6. The van der Waals surface area contributed by atoms with Gasteiger partial charge >= 0.3 is 6.01 Å². The number of hydrogen-bond donors (Lipinski definition) is 2. The van der Waals surface area contributed by atoms with E-state index in [1.807, 2.05) is 4.90 Å². The first-order chi connectivity index (χ1) is 23.2. The maximum atomic E-state index is 17.1. The smallest absolute Gasteiger partial charge is 0.319 e. The van der Waals surface area contributed by atoms with Gasteiger partial charge in [0.2, 0.25) is 5.88 Å². The Labute approximate surface area is 275 Å². The van der Waals surface area contributed by atoms with Crippen molar-refractivity contribution in [2.24, 2.45) is 11.8 Å². The lowest BCUT2D eigenvalue weighted by Gasteiger charge is -2.37. The van der Waals surface area contributed by atoms with Gasteiger partial charge in [0, 0.05) is 48.8 Å². The molecule has 0 amide bonds. The largest absolute Gasteiger partial charge is 0.508 e. The van der Waals surface area contributed by atoms with Crippen LogP contribution in [0.25, 0.3) is 32.9 Å². The van der Waals surface area contributed by atoms with E-state index in [-0.39, 0.29) is 75.8 Å². The summed E-state index contributed by atoms with van der Waals surface area (Å²) in [5.41, 5.74) is -0.886. The van der Waals surface area contributed by atoms with Crippen LogP contribution in [0.5, 0.6) is 17.6 Å². The zero-order valence-electron chi connectivity index (χ0n) is 26.6. The van der Waals surface area contributed by atoms with E-state index in [0.29, 0.717) is 37.3 Å². The van der Waals surface area contributed by atoms with Gasteiger partial charge in [-0.1, -0.05) is 12.0 Å². The molecule has 1 unspecified atom stereocenters. The minimum absolute atomic E-state index is 0.0207. The number of terminal acetylenes is 1. The standard InChI is InChI=1S/C36H36F3N5O4/c1-3-24-26(38)9-8-19-12-23(45)13-25(27(19)24)30-29(39)31-28(34(40-30)47-4-2)33(43-15-20-6-7-21(16-43)32(20)46)42-35(41-31)48-18-36-10-5-11-44(36)17-22(37)14-36/h1,8-9,12-13,20-22,32,45-46H,4-7,10-11,14-18H2,2H3/t20-,21+,22-,32?,36+/m1/s1. The van der Waals surface area contributed by atoms with Crippen LogP contribution in [0.1, 0.15) is 44.6 Å². The normalized spacial score (nSPS) is 26.7. The number of phenols is 1. The lowest BCUT2D eigenvalue weighted by Crippen LogP contribution is -2.45. The highest BCUT2D eigenvalue weighted by atomic mass is 19.1. The van der Waals surface area contributed by atoms with Gasteiger partial charge in [-0.25, -0.2) is 18.2 Å². The predicted molar refractivity (Wildman–Crippen MR) is 174 cm³/mol. The van der Waals surface area contributed by atoms with Crippen molar-refractivity contribution in [1.29, 1.82) is 0 Å². The van der Waals surface area contributed by atoms with E-state index in [9.17, 15) is 19.0 Å². The van der Waals surface area contributed by atoms with Crippen molar-refractivity contribution in [3.8, 4) is 41.2 Å². The van der Waals surface area contributed by atoms with Gasteiger partial charge in [-0.2, -0.15) is 9.97 Å². The fourth-order valence-corrected chi connectivity index (χ4v) is 8.58. The predicted octanol–water partition coefficient (Wildman–Crippen LogP) is 5.37. The molecule has 4 aliphatic rings. The lowest BCUT2D eigenvalue weighted by atomic mass is 9.94. The number of rotatable bonds is 7. The molecule has 48 heavy (non-hydrogen) atoms. The van der Waals surface area contributed by atoms with E-state index in [1.165, 1.54) is 24.3 Å². The van der Waals surface area contributed by atoms with E-state index in [0.717, 1.165) is 32.2 Å². The van der Waals surface area contributed by atoms with Gasteiger partial charge in [0.15, 0.2) is 5.82 Å². The van der Waals surface area contributed by atoms with Gasteiger partial charge < -0.3 is 24.6 Å². The molecule has 2 N–H and O–H groups in total. The van der Waals surface area contributed by atoms with Gasteiger partial charge in [-0.05, 0) is 62.7 Å². The van der Waals surface area contributed by atoms with Crippen LogP contribution in [0.3, 0.4) is 0 Å². The highest BCUT2D eigenvalue weighted by Gasteiger charge is 2.49. The molecule has 9 nitrogen and oxygen atoms in total. The first kappa shape index (κ1) is 31.0. The number of halogens is 3. The molecule has 4 fully saturated rings. The Balaban J connectivity index is 1.33. The summed E-state index contributed by atoms with van der Waals surface area (Å²) < 4.78 is 59.0. The third-order valence-corrected chi connectivity index (χ3v) is 10.8. The number of pyridine rings is 1. The number of aliphatic hydroxyl groups excluding tert-OH is 1. The minimum Gasteiger partial charge on any atom is -0.508 e. The zero-order valence-corrected chi connectivity index (χ0v) is 26.6. The molecule has 5 atom stereocenters. The number of hydrogen-bond acceptors (Lipinski definition) is 9. The third kappa shape index (κ3) is 4.89. The molecule has 8 rings (SSSR count). The average Bonchev–Trinajstić information content (AvgIpc) is 3.65. The van der Waals surface area contributed by atoms with E-state index in [1.54, 1.807) is 6.92 Å². The summed E-state index contributed by atoms with van der Waals surface area (Å²) in [7, 11) is 0. The van der Waals surface area contributed by atoms with Crippen LogP contribution in [0, 0.1) is 35.8 Å². The van der Waals surface area contributed by atoms with Crippen LogP contribution in [-0.4, -0.2) is 87.3 Å². The molecule has 12 heteroatoms. The van der Waals surface area contributed by atoms with E-state index in [4.69, 9.17) is 20.9 Å². The molecule has 2 aromatic heterocycles. The number of aliphatic hydroxyl groups is 1. The van der Waals surface area contributed by atoms with Gasteiger partial charge in [0.05, 0.1) is 23.8 Å². The van der Waals surface area contributed by atoms with Crippen molar-refractivity contribution < 1.29 is 32.9 Å². The summed E-state index contributed by atoms with van der Waals surface area (Å²) in [4.78, 5) is 18.2. The summed E-state index contributed by atoms with van der Waals surface area (Å²) in [6, 6.07) is 5.29. The number of piperidine rings is 1. The van der Waals surface area contributed by atoms with Crippen LogP contribution < -0.4 is 14.4 Å². The molecule has 2 bridgehead atoms. The first-order valence-corrected chi connectivity index (χ1v) is 16.6. The number of ether oxygens (including phenoxy) is 2. The molecule has 1 saturated carbocycles. The monoisotopic (exact) mass is 659 g/mol. The number of fused-ring (bicyclic) bond motifs is 5. The van der Waals surface area contributed by atoms with Gasteiger partial charge in [-0.15, -0.1) is 6.42 Å². The van der Waals surface area contributed by atoms with Crippen LogP contribution in [0.4, 0.5) is 19.0 Å². The molecule has 4 aromatic rings. The number of aromatic nitrogens is 3. The van der Waals surface area contributed by atoms with Crippen molar-refractivity contribution in [2.45, 2.75) is 56.8 Å². The average molecular weight is 660 g/mol. The fourth-order valence-electron chi connectivity index (χ4n) is 8.58. The molecule has 0 spiro atoms. The molecule has 1 aliphatic carbocycles. The topological polar surface area (TPSA) is 104 Å². The van der Waals surface area contributed by atoms with Crippen LogP contribution in [0.15, 0.2) is 24.3 Å². The lowest BCUT2D eigenvalue weighted by molar-refractivity contribution is 0.0789. The van der Waals surface area contributed by atoms with Crippen LogP contribution in [0.2, 0.25) is 0 Å². The summed E-state index contributed by atoms with van der Waals surface area (Å²) in [6.07, 6.45) is 8.12. The SMILES string of the molecule is C#Cc1c(F)ccc2cc(O)cc(-c3nc(OCC)c4c(N5C[C@H]6CC[C@@H](C5)C6O)nc(OC[C@@]56CCCN5C[C@H](F)C6)nc4c3F)c12. The maximum Gasteiger partial charge on any atom is 0.319 e. The zero-order chi connectivity index (χ0) is 33.3. The molecule has 3 aliphatic heterocycles. The third-order valence-electron chi connectivity index (χ3n) is 10.8. The second-order valence-corrected chi connectivity index (χ2v) is 13.6. The Bertz CT molecular complexity index is 1970. The number of anilines is 1. The van der Waals surface area contributed by atoms with Crippen LogP contribution >= 0.6 is 0 Å². The van der Waals surface area contributed by atoms with E-state index < -0.39 is 29.4 Å². The van der Waals surface area contributed by atoms with Crippen molar-refractivity contribution in [3.05, 3.63) is 41.5 Å². The number of benzene rings is 2. The number of alkyl halides is 1. The second kappa shape index (κ2) is 11.7. The number of aromatic hydroxyl groups is 1. The molecular weight excluding hydrogens is 623 g/mol. The van der Waals surface area contributed by atoms with Gasteiger partial charge in [0.25, 0.3) is 0 Å². The van der Waals surface area contributed by atoms with Crippen molar-refractivity contribution in [1.82, 2.24) is 19.9 Å². The molecule has 3 saturated heterocycles. The Hall–Kier alpha value is -4.34. The summed E-state index contributed by atoms with van der Waals surface area (Å²) >= 11 is 0. The minimum atomic E-state index is -0.952. The summed E-state index contributed by atoms with van der Waals surface area (Å²) in [5.74, 6) is 1.11. The Morgan fingerprint density at radius 3 is 2.60 bits per heavy atom. The molecule has 0 radical (unpaired) electrons. The number of nitrogens with zero attached hydrogens (tertiary/aromatic N) is 5. The highest BCUT2D eigenvalue weighted by molar-refractivity contribution is 6.04. The van der Waals surface area contributed by atoms with Crippen molar-refractivity contribution >= 4 is 27.5 Å². The Morgan fingerprint density at radius 2 is 1.85 bits per heavy atom. The summed E-state index contributed by atoms with van der Waals surface area (Å²) in [6.45, 7) is 4.21. The van der Waals surface area contributed by atoms with Crippen molar-refractivity contribution in [3.63, 3.8) is 0 Å². The fraction of sp³-hybridized carbons (Fsp3) is 0.472. The maximum absolute atomic E-state index is 17.1. The molecule has 5 heterocycles.